The normalized spacial score (nSPS) is 17.0. The molecule has 2 amide bonds. The first-order valence-corrected chi connectivity index (χ1v) is 13.0. The van der Waals surface area contributed by atoms with Gasteiger partial charge in [0.2, 0.25) is 5.91 Å². The highest BCUT2D eigenvalue weighted by atomic mass is 16.5. The number of aromatic amines is 1. The van der Waals surface area contributed by atoms with E-state index in [1.54, 1.807) is 27.7 Å². The molecule has 36 heavy (non-hydrogen) atoms. The van der Waals surface area contributed by atoms with Gasteiger partial charge in [-0.1, -0.05) is 18.2 Å². The fourth-order valence-electron chi connectivity index (χ4n) is 5.27. The fraction of sp³-hybridized carbons (Fsp3) is 0.536. The molecule has 1 aromatic heterocycles. The SMILES string of the molecule is Cc1[nH]c(C(=O)N2CCC(CC(=O)N3CCN(c4ccccc4)CC3)CC2)c(C)c1C(=O)OC(C)C. The molecule has 0 spiro atoms. The number of aryl methyl sites for hydroxylation is 1. The number of piperazine rings is 1. The second-order valence-electron chi connectivity index (χ2n) is 10.2. The summed E-state index contributed by atoms with van der Waals surface area (Å²) in [5.41, 5.74) is 3.39. The van der Waals surface area contributed by atoms with Crippen LogP contribution in [0, 0.1) is 19.8 Å². The van der Waals surface area contributed by atoms with Gasteiger partial charge in [0.1, 0.15) is 5.69 Å². The summed E-state index contributed by atoms with van der Waals surface area (Å²) in [6.45, 7) is 11.6. The Hall–Kier alpha value is -3.29. The van der Waals surface area contributed by atoms with E-state index in [0.29, 0.717) is 42.0 Å². The molecular weight excluding hydrogens is 456 g/mol. The number of H-pyrrole nitrogens is 1. The molecule has 2 aliphatic heterocycles. The first-order chi connectivity index (χ1) is 17.2. The molecule has 0 atom stereocenters. The van der Waals surface area contributed by atoms with Gasteiger partial charge in [-0.2, -0.15) is 0 Å². The van der Waals surface area contributed by atoms with Crippen LogP contribution in [-0.2, 0) is 9.53 Å². The maximum Gasteiger partial charge on any atom is 0.340 e. The maximum atomic E-state index is 13.2. The number of carbonyl (C=O) groups excluding carboxylic acids is 3. The molecule has 8 heteroatoms. The Kier molecular flexibility index (Phi) is 8.01. The minimum absolute atomic E-state index is 0.0963. The minimum atomic E-state index is -0.405. The number of nitrogens with one attached hydrogen (secondary N) is 1. The molecule has 0 saturated carbocycles. The number of aromatic nitrogens is 1. The summed E-state index contributed by atoms with van der Waals surface area (Å²) in [6.07, 6.45) is 1.93. The number of piperidine rings is 1. The van der Waals surface area contributed by atoms with Gasteiger partial charge >= 0.3 is 5.97 Å². The molecule has 1 aromatic carbocycles. The van der Waals surface area contributed by atoms with Crippen molar-refractivity contribution in [1.82, 2.24) is 14.8 Å². The van der Waals surface area contributed by atoms with Gasteiger partial charge in [-0.05, 0) is 64.2 Å². The largest absolute Gasteiger partial charge is 0.459 e. The van der Waals surface area contributed by atoms with Gasteiger partial charge in [0.25, 0.3) is 5.91 Å². The smallest absolute Gasteiger partial charge is 0.340 e. The Labute approximate surface area is 213 Å². The zero-order valence-electron chi connectivity index (χ0n) is 21.9. The van der Waals surface area contributed by atoms with Gasteiger partial charge < -0.3 is 24.4 Å². The first-order valence-electron chi connectivity index (χ1n) is 13.0. The maximum absolute atomic E-state index is 13.2. The van der Waals surface area contributed by atoms with Gasteiger partial charge in [0.05, 0.1) is 11.7 Å². The number of esters is 1. The predicted molar refractivity (Wildman–Crippen MR) is 139 cm³/mol. The molecule has 2 aliphatic rings. The Morgan fingerprint density at radius 1 is 0.944 bits per heavy atom. The summed E-state index contributed by atoms with van der Waals surface area (Å²) in [4.78, 5) is 47.9. The van der Waals surface area contributed by atoms with E-state index < -0.39 is 5.97 Å². The molecule has 0 unspecified atom stereocenters. The Balaban J connectivity index is 1.27. The molecule has 1 N–H and O–H groups in total. The molecule has 0 radical (unpaired) electrons. The number of hydrogen-bond donors (Lipinski definition) is 1. The van der Waals surface area contributed by atoms with Crippen LogP contribution in [0.25, 0.3) is 0 Å². The van der Waals surface area contributed by atoms with E-state index in [1.165, 1.54) is 5.69 Å². The lowest BCUT2D eigenvalue weighted by molar-refractivity contribution is -0.132. The number of para-hydroxylation sites is 1. The van der Waals surface area contributed by atoms with E-state index in [9.17, 15) is 14.4 Å². The number of anilines is 1. The first kappa shape index (κ1) is 25.8. The highest BCUT2D eigenvalue weighted by molar-refractivity contribution is 6.00. The van der Waals surface area contributed by atoms with Crippen LogP contribution >= 0.6 is 0 Å². The third-order valence-corrected chi connectivity index (χ3v) is 7.32. The van der Waals surface area contributed by atoms with Gasteiger partial charge in [-0.25, -0.2) is 4.79 Å². The minimum Gasteiger partial charge on any atom is -0.459 e. The molecule has 8 nitrogen and oxygen atoms in total. The summed E-state index contributed by atoms with van der Waals surface area (Å²) in [7, 11) is 0. The van der Waals surface area contributed by atoms with Gasteiger partial charge in [-0.3, -0.25) is 9.59 Å². The summed E-state index contributed by atoms with van der Waals surface area (Å²) < 4.78 is 5.34. The Morgan fingerprint density at radius 3 is 2.19 bits per heavy atom. The van der Waals surface area contributed by atoms with Crippen LogP contribution in [-0.4, -0.2) is 77.9 Å². The van der Waals surface area contributed by atoms with Crippen LogP contribution in [0.2, 0.25) is 0 Å². The third-order valence-electron chi connectivity index (χ3n) is 7.32. The van der Waals surface area contributed by atoms with Crippen LogP contribution in [0.3, 0.4) is 0 Å². The predicted octanol–water partition coefficient (Wildman–Crippen LogP) is 3.79. The van der Waals surface area contributed by atoms with Crippen molar-refractivity contribution in [3.05, 3.63) is 52.8 Å². The number of ether oxygens (including phenoxy) is 1. The van der Waals surface area contributed by atoms with Crippen molar-refractivity contribution in [3.8, 4) is 0 Å². The summed E-state index contributed by atoms with van der Waals surface area (Å²) in [6, 6.07) is 10.3. The zero-order valence-corrected chi connectivity index (χ0v) is 21.9. The summed E-state index contributed by atoms with van der Waals surface area (Å²) in [5.74, 6) is 0.00604. The van der Waals surface area contributed by atoms with Gasteiger partial charge in [0.15, 0.2) is 0 Å². The number of amides is 2. The Bertz CT molecular complexity index is 1080. The lowest BCUT2D eigenvalue weighted by Crippen LogP contribution is -2.49. The van der Waals surface area contributed by atoms with E-state index >= 15 is 0 Å². The van der Waals surface area contributed by atoms with Crippen molar-refractivity contribution in [2.45, 2.75) is 53.1 Å². The van der Waals surface area contributed by atoms with E-state index in [2.05, 4.69) is 22.0 Å². The second-order valence-corrected chi connectivity index (χ2v) is 10.2. The van der Waals surface area contributed by atoms with Crippen molar-refractivity contribution in [1.29, 1.82) is 0 Å². The third kappa shape index (κ3) is 5.74. The number of benzene rings is 1. The summed E-state index contributed by atoms with van der Waals surface area (Å²) in [5, 5.41) is 0. The van der Waals surface area contributed by atoms with E-state index in [1.807, 2.05) is 28.0 Å². The number of likely N-dealkylation sites (tertiary alicyclic amines) is 1. The van der Waals surface area contributed by atoms with Gasteiger partial charge in [-0.15, -0.1) is 0 Å². The van der Waals surface area contributed by atoms with Crippen LogP contribution < -0.4 is 4.90 Å². The van der Waals surface area contributed by atoms with Gasteiger partial charge in [0, 0.05) is 57.1 Å². The van der Waals surface area contributed by atoms with E-state index in [-0.39, 0.29) is 23.8 Å². The topological polar surface area (TPSA) is 86.0 Å². The monoisotopic (exact) mass is 494 g/mol. The van der Waals surface area contributed by atoms with Crippen LogP contribution in [0.5, 0.6) is 0 Å². The van der Waals surface area contributed by atoms with Crippen LogP contribution in [0.15, 0.2) is 30.3 Å². The summed E-state index contributed by atoms with van der Waals surface area (Å²) >= 11 is 0. The van der Waals surface area contributed by atoms with E-state index in [0.717, 1.165) is 39.0 Å². The number of hydrogen-bond acceptors (Lipinski definition) is 5. The number of rotatable bonds is 6. The van der Waals surface area contributed by atoms with Crippen molar-refractivity contribution >= 4 is 23.5 Å². The lowest BCUT2D eigenvalue weighted by atomic mass is 9.92. The van der Waals surface area contributed by atoms with Crippen LogP contribution in [0.1, 0.15) is 65.2 Å². The average Bonchev–Trinajstić information content (AvgIpc) is 3.18. The fourth-order valence-corrected chi connectivity index (χ4v) is 5.27. The van der Waals surface area contributed by atoms with E-state index in [4.69, 9.17) is 4.74 Å². The molecule has 2 aromatic rings. The molecule has 194 valence electrons. The molecule has 0 bridgehead atoms. The average molecular weight is 495 g/mol. The van der Waals surface area contributed by atoms with Crippen molar-refractivity contribution < 1.29 is 19.1 Å². The molecule has 4 rings (SSSR count). The van der Waals surface area contributed by atoms with Crippen molar-refractivity contribution in [3.63, 3.8) is 0 Å². The van der Waals surface area contributed by atoms with Crippen molar-refractivity contribution in [2.75, 3.05) is 44.2 Å². The molecule has 3 heterocycles. The second kappa shape index (κ2) is 11.2. The molecular formula is C28H38N4O4. The molecule has 2 saturated heterocycles. The lowest BCUT2D eigenvalue weighted by Gasteiger charge is -2.37. The number of nitrogens with zero attached hydrogens (tertiary/aromatic N) is 3. The quantitative estimate of drug-likeness (QED) is 0.618. The highest BCUT2D eigenvalue weighted by Gasteiger charge is 2.31. The molecule has 0 aliphatic carbocycles. The standard InChI is InChI=1S/C28H38N4O4/c1-19(2)36-28(35)25-20(3)26(29-21(25)4)27(34)32-12-10-22(11-13-32)18-24(33)31-16-14-30(15-17-31)23-8-6-5-7-9-23/h5-9,19,22,29H,10-18H2,1-4H3. The molecule has 2 fully saturated rings. The highest BCUT2D eigenvalue weighted by Crippen LogP contribution is 2.26. The zero-order chi connectivity index (χ0) is 25.8. The van der Waals surface area contributed by atoms with Crippen LogP contribution in [0.4, 0.5) is 5.69 Å². The van der Waals surface area contributed by atoms with Crippen molar-refractivity contribution in [2.24, 2.45) is 5.92 Å². The number of carbonyl (C=O) groups is 3. The Morgan fingerprint density at radius 2 is 1.58 bits per heavy atom.